The molecule has 3 rings (SSSR count). The van der Waals surface area contributed by atoms with E-state index in [1.165, 1.54) is 0 Å². The van der Waals surface area contributed by atoms with Gasteiger partial charge in [-0.1, -0.05) is 24.3 Å². The first kappa shape index (κ1) is 12.4. The molecular formula is C16H13N3O. The Balaban J connectivity index is 1.70. The zero-order valence-corrected chi connectivity index (χ0v) is 10.8. The predicted octanol–water partition coefficient (Wildman–Crippen LogP) is 2.99. The molecule has 0 spiro atoms. The largest absolute Gasteiger partial charge is 0.449 e. The fourth-order valence-corrected chi connectivity index (χ4v) is 2.16. The molecule has 0 unspecified atom stereocenters. The van der Waals surface area contributed by atoms with E-state index in [0.717, 1.165) is 22.2 Å². The fourth-order valence-electron chi connectivity index (χ4n) is 2.16. The summed E-state index contributed by atoms with van der Waals surface area (Å²) in [7, 11) is 0. The Morgan fingerprint density at radius 3 is 2.85 bits per heavy atom. The Hall–Kier alpha value is -2.64. The number of aromatic nitrogens is 1. The van der Waals surface area contributed by atoms with Crippen LogP contribution in [0, 0.1) is 11.3 Å². The topological polar surface area (TPSA) is 61.9 Å². The summed E-state index contributed by atoms with van der Waals surface area (Å²) in [6.07, 6.45) is 1.80. The molecule has 1 aromatic carbocycles. The van der Waals surface area contributed by atoms with Crippen LogP contribution in [0.3, 0.4) is 0 Å². The van der Waals surface area contributed by atoms with Crippen LogP contribution in [0.2, 0.25) is 0 Å². The molecule has 0 aliphatic carbocycles. The monoisotopic (exact) mass is 263 g/mol. The SMILES string of the molecule is N#Cc1ccc(CNCc2cccc3cccnc23)o1. The van der Waals surface area contributed by atoms with Gasteiger partial charge in [0.15, 0.2) is 0 Å². The third-order valence-corrected chi connectivity index (χ3v) is 3.10. The van der Waals surface area contributed by atoms with Crippen LogP contribution >= 0.6 is 0 Å². The van der Waals surface area contributed by atoms with Crippen LogP contribution in [-0.4, -0.2) is 4.98 Å². The minimum absolute atomic E-state index is 0.341. The number of hydrogen-bond donors (Lipinski definition) is 1. The highest BCUT2D eigenvalue weighted by molar-refractivity contribution is 5.81. The van der Waals surface area contributed by atoms with Gasteiger partial charge in [0.1, 0.15) is 11.8 Å². The molecule has 0 aliphatic heterocycles. The summed E-state index contributed by atoms with van der Waals surface area (Å²) in [6.45, 7) is 1.29. The van der Waals surface area contributed by atoms with Crippen molar-refractivity contribution in [3.8, 4) is 6.07 Å². The zero-order chi connectivity index (χ0) is 13.8. The second kappa shape index (κ2) is 5.55. The van der Waals surface area contributed by atoms with Crippen LogP contribution < -0.4 is 5.32 Å². The molecule has 4 nitrogen and oxygen atoms in total. The predicted molar refractivity (Wildman–Crippen MR) is 75.7 cm³/mol. The number of hydrogen-bond acceptors (Lipinski definition) is 4. The quantitative estimate of drug-likeness (QED) is 0.786. The van der Waals surface area contributed by atoms with Crippen LogP contribution in [0.5, 0.6) is 0 Å². The Morgan fingerprint density at radius 1 is 1.10 bits per heavy atom. The first-order valence-corrected chi connectivity index (χ1v) is 6.39. The molecule has 0 saturated heterocycles. The number of fused-ring (bicyclic) bond motifs is 1. The molecule has 0 bridgehead atoms. The van der Waals surface area contributed by atoms with E-state index in [2.05, 4.69) is 28.5 Å². The van der Waals surface area contributed by atoms with Gasteiger partial charge in [0.2, 0.25) is 5.76 Å². The van der Waals surface area contributed by atoms with Crippen molar-refractivity contribution in [3.63, 3.8) is 0 Å². The highest BCUT2D eigenvalue weighted by Crippen LogP contribution is 2.15. The van der Waals surface area contributed by atoms with Gasteiger partial charge in [0, 0.05) is 18.1 Å². The lowest BCUT2D eigenvalue weighted by molar-refractivity contribution is 0.474. The minimum atomic E-state index is 0.341. The van der Waals surface area contributed by atoms with Crippen LogP contribution in [0.1, 0.15) is 17.1 Å². The Bertz CT molecular complexity index is 765. The van der Waals surface area contributed by atoms with Gasteiger partial charge in [0.05, 0.1) is 12.1 Å². The van der Waals surface area contributed by atoms with Crippen molar-refractivity contribution in [1.82, 2.24) is 10.3 Å². The van der Waals surface area contributed by atoms with Crippen molar-refractivity contribution in [2.75, 3.05) is 0 Å². The second-order valence-electron chi connectivity index (χ2n) is 4.47. The van der Waals surface area contributed by atoms with Crippen LogP contribution in [0.4, 0.5) is 0 Å². The van der Waals surface area contributed by atoms with Crippen molar-refractivity contribution in [1.29, 1.82) is 5.26 Å². The van der Waals surface area contributed by atoms with Crippen molar-refractivity contribution >= 4 is 10.9 Å². The number of nitrogens with one attached hydrogen (secondary N) is 1. The van der Waals surface area contributed by atoms with E-state index >= 15 is 0 Å². The molecule has 0 saturated carbocycles. The first-order chi connectivity index (χ1) is 9.86. The zero-order valence-electron chi connectivity index (χ0n) is 10.8. The lowest BCUT2D eigenvalue weighted by Crippen LogP contribution is -2.12. The van der Waals surface area contributed by atoms with Gasteiger partial charge in [-0.15, -0.1) is 0 Å². The summed E-state index contributed by atoms with van der Waals surface area (Å²) in [5.41, 5.74) is 2.16. The van der Waals surface area contributed by atoms with Gasteiger partial charge in [-0.05, 0) is 23.8 Å². The lowest BCUT2D eigenvalue weighted by Gasteiger charge is -2.06. The maximum atomic E-state index is 8.70. The number of benzene rings is 1. The van der Waals surface area contributed by atoms with E-state index in [9.17, 15) is 0 Å². The van der Waals surface area contributed by atoms with E-state index in [-0.39, 0.29) is 0 Å². The summed E-state index contributed by atoms with van der Waals surface area (Å²) in [6, 6.07) is 15.6. The third kappa shape index (κ3) is 2.53. The van der Waals surface area contributed by atoms with E-state index in [0.29, 0.717) is 18.8 Å². The normalized spacial score (nSPS) is 10.6. The Labute approximate surface area is 116 Å². The molecule has 0 radical (unpaired) electrons. The van der Waals surface area contributed by atoms with Gasteiger partial charge in [-0.3, -0.25) is 4.98 Å². The van der Waals surface area contributed by atoms with Crippen molar-refractivity contribution in [3.05, 3.63) is 65.7 Å². The van der Waals surface area contributed by atoms with Crippen molar-refractivity contribution < 1.29 is 4.42 Å². The third-order valence-electron chi connectivity index (χ3n) is 3.10. The van der Waals surface area contributed by atoms with E-state index in [4.69, 9.17) is 9.68 Å². The van der Waals surface area contributed by atoms with Crippen molar-refractivity contribution in [2.45, 2.75) is 13.1 Å². The van der Waals surface area contributed by atoms with E-state index in [1.54, 1.807) is 12.3 Å². The molecule has 3 aromatic rings. The fraction of sp³-hybridized carbons (Fsp3) is 0.125. The van der Waals surface area contributed by atoms with Crippen molar-refractivity contribution in [2.24, 2.45) is 0 Å². The highest BCUT2D eigenvalue weighted by atomic mass is 16.3. The molecule has 1 N–H and O–H groups in total. The number of nitrogens with zero attached hydrogens (tertiary/aromatic N) is 2. The molecular weight excluding hydrogens is 250 g/mol. The summed E-state index contributed by atoms with van der Waals surface area (Å²) >= 11 is 0. The van der Waals surface area contributed by atoms with Gasteiger partial charge in [-0.2, -0.15) is 5.26 Å². The van der Waals surface area contributed by atoms with Crippen LogP contribution in [0.15, 0.2) is 53.1 Å². The van der Waals surface area contributed by atoms with Crippen LogP contribution in [0.25, 0.3) is 10.9 Å². The lowest BCUT2D eigenvalue weighted by atomic mass is 10.1. The smallest absolute Gasteiger partial charge is 0.203 e. The average molecular weight is 263 g/mol. The standard InChI is InChI=1S/C16H13N3O/c17-9-14-6-7-15(20-14)11-18-10-13-4-1-3-12-5-2-8-19-16(12)13/h1-8,18H,10-11H2. The number of nitriles is 1. The summed E-state index contributed by atoms with van der Waals surface area (Å²) in [4.78, 5) is 4.42. The van der Waals surface area contributed by atoms with Gasteiger partial charge >= 0.3 is 0 Å². The highest BCUT2D eigenvalue weighted by Gasteiger charge is 2.03. The van der Waals surface area contributed by atoms with Gasteiger partial charge in [0.25, 0.3) is 0 Å². The maximum absolute atomic E-state index is 8.70. The Morgan fingerprint density at radius 2 is 2.00 bits per heavy atom. The molecule has 0 amide bonds. The van der Waals surface area contributed by atoms with E-state index in [1.807, 2.05) is 24.3 Å². The summed E-state index contributed by atoms with van der Waals surface area (Å²) < 4.78 is 5.32. The molecule has 0 aliphatic rings. The van der Waals surface area contributed by atoms with Gasteiger partial charge in [-0.25, -0.2) is 0 Å². The number of furan rings is 1. The summed E-state index contributed by atoms with van der Waals surface area (Å²) in [5.74, 6) is 1.10. The molecule has 2 heterocycles. The Kier molecular flexibility index (Phi) is 3.44. The minimum Gasteiger partial charge on any atom is -0.449 e. The maximum Gasteiger partial charge on any atom is 0.203 e. The molecule has 4 heteroatoms. The van der Waals surface area contributed by atoms with E-state index < -0.39 is 0 Å². The average Bonchev–Trinajstić information content (AvgIpc) is 2.95. The second-order valence-corrected chi connectivity index (χ2v) is 4.47. The molecule has 20 heavy (non-hydrogen) atoms. The molecule has 0 fully saturated rings. The molecule has 2 aromatic heterocycles. The first-order valence-electron chi connectivity index (χ1n) is 6.39. The molecule has 0 atom stereocenters. The number of para-hydroxylation sites is 1. The van der Waals surface area contributed by atoms with Crippen LogP contribution in [-0.2, 0) is 13.1 Å². The molecule has 98 valence electrons. The number of pyridine rings is 1. The summed E-state index contributed by atoms with van der Waals surface area (Å²) in [5, 5.41) is 13.1. The van der Waals surface area contributed by atoms with Gasteiger partial charge < -0.3 is 9.73 Å². The number of rotatable bonds is 4.